The summed E-state index contributed by atoms with van der Waals surface area (Å²) in [5, 5.41) is 7.60. The van der Waals surface area contributed by atoms with E-state index in [9.17, 15) is 0 Å². The minimum atomic E-state index is 0.587. The molecular formula is C16H19N3. The van der Waals surface area contributed by atoms with Gasteiger partial charge in [0, 0.05) is 31.9 Å². The second kappa shape index (κ2) is 5.22. The van der Waals surface area contributed by atoms with Gasteiger partial charge >= 0.3 is 0 Å². The second-order valence-corrected chi connectivity index (χ2v) is 5.00. The molecule has 3 heteroatoms. The fraction of sp³-hybridized carbons (Fsp3) is 0.250. The quantitative estimate of drug-likeness (QED) is 0.858. The Hall–Kier alpha value is -2.16. The smallest absolute Gasteiger partial charge is 0.0667 e. The van der Waals surface area contributed by atoms with Gasteiger partial charge in [-0.1, -0.05) is 6.58 Å². The molecule has 0 heterocycles. The molecule has 0 fully saturated rings. The first-order chi connectivity index (χ1) is 8.97. The van der Waals surface area contributed by atoms with Gasteiger partial charge < -0.3 is 10.3 Å². The van der Waals surface area contributed by atoms with Gasteiger partial charge in [0.25, 0.3) is 0 Å². The Balaban J connectivity index is 2.36. The highest BCUT2D eigenvalue weighted by atomic mass is 15.1. The van der Waals surface area contributed by atoms with Crippen molar-refractivity contribution in [2.24, 2.45) is 4.99 Å². The molecule has 1 N–H and O–H groups in total. The van der Waals surface area contributed by atoms with Crippen LogP contribution >= 0.6 is 0 Å². The molecule has 0 radical (unpaired) electrons. The number of aliphatic imine (C=N–C) groups is 1. The summed E-state index contributed by atoms with van der Waals surface area (Å²) in [5.41, 5.74) is 5.63. The number of benzene rings is 1. The zero-order valence-corrected chi connectivity index (χ0v) is 11.7. The van der Waals surface area contributed by atoms with Gasteiger partial charge in [0.2, 0.25) is 0 Å². The summed E-state index contributed by atoms with van der Waals surface area (Å²) in [4.78, 5) is 6.72. The van der Waals surface area contributed by atoms with Gasteiger partial charge in [-0.05, 0) is 48.4 Å². The Morgan fingerprint density at radius 3 is 2.58 bits per heavy atom. The first-order valence-corrected chi connectivity index (χ1v) is 6.27. The topological polar surface area (TPSA) is 39.5 Å². The standard InChI is InChI=1S/C16H19N3/c1-11-9-13(17)5-7-15(11)18-16-8-6-14(19(3)4)10-12(16)2/h5-8,10,17H,1,9H2,2-4H3. The minimum Gasteiger partial charge on any atom is -0.378 e. The first-order valence-electron chi connectivity index (χ1n) is 6.27. The van der Waals surface area contributed by atoms with Gasteiger partial charge in [-0.2, -0.15) is 0 Å². The van der Waals surface area contributed by atoms with Crippen molar-refractivity contribution < 1.29 is 0 Å². The van der Waals surface area contributed by atoms with Gasteiger partial charge in [-0.3, -0.25) is 0 Å². The minimum absolute atomic E-state index is 0.587. The number of aryl methyl sites for hydroxylation is 1. The third-order valence-corrected chi connectivity index (χ3v) is 3.15. The van der Waals surface area contributed by atoms with Crippen LogP contribution in [0.2, 0.25) is 0 Å². The van der Waals surface area contributed by atoms with E-state index in [0.29, 0.717) is 12.1 Å². The van der Waals surface area contributed by atoms with E-state index in [1.165, 1.54) is 5.69 Å². The van der Waals surface area contributed by atoms with Crippen molar-refractivity contribution in [3.05, 3.63) is 48.1 Å². The molecular weight excluding hydrogens is 234 g/mol. The maximum Gasteiger partial charge on any atom is 0.0667 e. The average Bonchev–Trinajstić information content (AvgIpc) is 2.34. The molecule has 0 atom stereocenters. The van der Waals surface area contributed by atoms with E-state index < -0.39 is 0 Å². The lowest BCUT2D eigenvalue weighted by molar-refractivity contribution is 1.13. The Labute approximate surface area is 114 Å². The Morgan fingerprint density at radius 2 is 2.00 bits per heavy atom. The molecule has 0 aromatic heterocycles. The zero-order chi connectivity index (χ0) is 14.0. The predicted octanol–water partition coefficient (Wildman–Crippen LogP) is 3.67. The molecule has 19 heavy (non-hydrogen) atoms. The molecule has 0 bridgehead atoms. The van der Waals surface area contributed by atoms with E-state index in [1.54, 1.807) is 6.08 Å². The number of rotatable bonds is 2. The van der Waals surface area contributed by atoms with Gasteiger partial charge in [-0.15, -0.1) is 0 Å². The van der Waals surface area contributed by atoms with Gasteiger partial charge in [0.05, 0.1) is 11.4 Å². The molecule has 0 unspecified atom stereocenters. The van der Waals surface area contributed by atoms with Crippen molar-refractivity contribution in [3.8, 4) is 0 Å². The fourth-order valence-corrected chi connectivity index (χ4v) is 1.97. The van der Waals surface area contributed by atoms with Crippen LogP contribution in [0.4, 0.5) is 11.4 Å². The van der Waals surface area contributed by atoms with E-state index in [0.717, 1.165) is 22.5 Å². The van der Waals surface area contributed by atoms with Gasteiger partial charge in [-0.25, -0.2) is 4.99 Å². The summed E-state index contributed by atoms with van der Waals surface area (Å²) in [6, 6.07) is 6.21. The fourth-order valence-electron chi connectivity index (χ4n) is 1.97. The van der Waals surface area contributed by atoms with Crippen LogP contribution < -0.4 is 4.90 Å². The van der Waals surface area contributed by atoms with Crippen LogP contribution in [-0.2, 0) is 0 Å². The van der Waals surface area contributed by atoms with E-state index in [1.807, 2.05) is 26.2 Å². The largest absolute Gasteiger partial charge is 0.378 e. The molecule has 1 aromatic rings. The third kappa shape index (κ3) is 2.99. The van der Waals surface area contributed by atoms with Crippen LogP contribution in [0.15, 0.2) is 47.5 Å². The maximum absolute atomic E-state index is 7.60. The summed E-state index contributed by atoms with van der Waals surface area (Å²) < 4.78 is 0. The molecule has 0 aliphatic heterocycles. The van der Waals surface area contributed by atoms with E-state index >= 15 is 0 Å². The van der Waals surface area contributed by atoms with Crippen LogP contribution in [-0.4, -0.2) is 25.5 Å². The van der Waals surface area contributed by atoms with E-state index in [4.69, 9.17) is 5.41 Å². The Kier molecular flexibility index (Phi) is 3.65. The number of allylic oxidation sites excluding steroid dienone is 3. The summed E-state index contributed by atoms with van der Waals surface area (Å²) in [7, 11) is 4.05. The zero-order valence-electron chi connectivity index (χ0n) is 11.7. The lowest BCUT2D eigenvalue weighted by atomic mass is 9.99. The van der Waals surface area contributed by atoms with Crippen LogP contribution in [0.1, 0.15) is 12.0 Å². The molecule has 0 saturated heterocycles. The number of nitrogens with zero attached hydrogens (tertiary/aromatic N) is 2. The molecule has 0 spiro atoms. The highest BCUT2D eigenvalue weighted by Crippen LogP contribution is 2.25. The van der Waals surface area contributed by atoms with Crippen molar-refractivity contribution in [2.45, 2.75) is 13.3 Å². The SMILES string of the molecule is C=C1CC(=N)C=CC1=Nc1ccc(N(C)C)cc1C. The lowest BCUT2D eigenvalue weighted by Crippen LogP contribution is -2.10. The van der Waals surface area contributed by atoms with Gasteiger partial charge in [0.15, 0.2) is 0 Å². The van der Waals surface area contributed by atoms with Crippen LogP contribution in [0.3, 0.4) is 0 Å². The summed E-state index contributed by atoms with van der Waals surface area (Å²) in [5.74, 6) is 0. The normalized spacial score (nSPS) is 17.1. The molecule has 2 rings (SSSR count). The van der Waals surface area contributed by atoms with Crippen molar-refractivity contribution in [1.82, 2.24) is 0 Å². The highest BCUT2D eigenvalue weighted by molar-refractivity contribution is 6.18. The second-order valence-electron chi connectivity index (χ2n) is 5.00. The average molecular weight is 253 g/mol. The third-order valence-electron chi connectivity index (χ3n) is 3.15. The summed E-state index contributed by atoms with van der Waals surface area (Å²) in [6.45, 7) is 6.05. The molecule has 1 aliphatic carbocycles. The summed E-state index contributed by atoms with van der Waals surface area (Å²) >= 11 is 0. The molecule has 0 saturated carbocycles. The molecule has 3 nitrogen and oxygen atoms in total. The van der Waals surface area contributed by atoms with Crippen molar-refractivity contribution in [3.63, 3.8) is 0 Å². The van der Waals surface area contributed by atoms with Gasteiger partial charge in [0.1, 0.15) is 0 Å². The van der Waals surface area contributed by atoms with Crippen LogP contribution in [0, 0.1) is 12.3 Å². The Morgan fingerprint density at radius 1 is 1.26 bits per heavy atom. The Bertz CT molecular complexity index is 592. The maximum atomic E-state index is 7.60. The van der Waals surface area contributed by atoms with Crippen molar-refractivity contribution >= 4 is 22.8 Å². The van der Waals surface area contributed by atoms with Crippen LogP contribution in [0.25, 0.3) is 0 Å². The van der Waals surface area contributed by atoms with Crippen molar-refractivity contribution in [1.29, 1.82) is 5.41 Å². The monoisotopic (exact) mass is 253 g/mol. The number of hydrogen-bond acceptors (Lipinski definition) is 3. The first kappa shape index (κ1) is 13.3. The van der Waals surface area contributed by atoms with Crippen LogP contribution in [0.5, 0.6) is 0 Å². The highest BCUT2D eigenvalue weighted by Gasteiger charge is 2.10. The molecule has 1 aliphatic rings. The number of nitrogens with one attached hydrogen (secondary N) is 1. The number of anilines is 1. The van der Waals surface area contributed by atoms with Crippen molar-refractivity contribution in [2.75, 3.05) is 19.0 Å². The number of hydrogen-bond donors (Lipinski definition) is 1. The molecule has 0 amide bonds. The van der Waals surface area contributed by atoms with E-state index in [2.05, 4.69) is 35.5 Å². The predicted molar refractivity (Wildman–Crippen MR) is 83.2 cm³/mol. The molecule has 98 valence electrons. The lowest BCUT2D eigenvalue weighted by Gasteiger charge is -2.15. The summed E-state index contributed by atoms with van der Waals surface area (Å²) in [6.07, 6.45) is 4.24. The molecule has 1 aromatic carbocycles. The van der Waals surface area contributed by atoms with E-state index in [-0.39, 0.29) is 0 Å².